The number of aryl methyl sites for hydroxylation is 1. The van der Waals surface area contributed by atoms with Gasteiger partial charge in [-0.3, -0.25) is 0 Å². The SMILES string of the molecule is Cc1cnncc1C(C)C(C)(C)C. The predicted molar refractivity (Wildman–Crippen MR) is 54.6 cm³/mol. The number of hydrogen-bond donors (Lipinski definition) is 0. The van der Waals surface area contributed by atoms with Crippen molar-refractivity contribution in [3.63, 3.8) is 0 Å². The van der Waals surface area contributed by atoms with E-state index in [0.29, 0.717) is 5.92 Å². The van der Waals surface area contributed by atoms with Gasteiger partial charge in [0.25, 0.3) is 0 Å². The topological polar surface area (TPSA) is 25.8 Å². The van der Waals surface area contributed by atoms with Crippen molar-refractivity contribution in [3.8, 4) is 0 Å². The molecular formula is C11H18N2. The highest BCUT2D eigenvalue weighted by Gasteiger charge is 2.22. The molecule has 0 aliphatic carbocycles. The zero-order chi connectivity index (χ0) is 10.1. The van der Waals surface area contributed by atoms with E-state index in [1.54, 1.807) is 0 Å². The summed E-state index contributed by atoms with van der Waals surface area (Å²) in [5.74, 6) is 0.517. The van der Waals surface area contributed by atoms with Gasteiger partial charge in [0.1, 0.15) is 0 Å². The highest BCUT2D eigenvalue weighted by atomic mass is 15.1. The van der Waals surface area contributed by atoms with Crippen molar-refractivity contribution in [3.05, 3.63) is 23.5 Å². The Morgan fingerprint density at radius 1 is 1.15 bits per heavy atom. The lowest BCUT2D eigenvalue weighted by Gasteiger charge is -2.28. The first-order valence-corrected chi connectivity index (χ1v) is 4.70. The second kappa shape index (κ2) is 3.44. The standard InChI is InChI=1S/C11H18N2/c1-8-6-12-13-7-10(8)9(2)11(3,4)5/h6-7,9H,1-5H3. The van der Waals surface area contributed by atoms with Crippen molar-refractivity contribution in [1.82, 2.24) is 10.2 Å². The van der Waals surface area contributed by atoms with Gasteiger partial charge >= 0.3 is 0 Å². The minimum atomic E-state index is 0.286. The summed E-state index contributed by atoms with van der Waals surface area (Å²) in [7, 11) is 0. The summed E-state index contributed by atoms with van der Waals surface area (Å²) in [4.78, 5) is 0. The van der Waals surface area contributed by atoms with Crippen LogP contribution in [0.25, 0.3) is 0 Å². The van der Waals surface area contributed by atoms with Crippen molar-refractivity contribution < 1.29 is 0 Å². The molecule has 1 unspecified atom stereocenters. The monoisotopic (exact) mass is 178 g/mol. The average Bonchev–Trinajstić information content (AvgIpc) is 2.02. The lowest BCUT2D eigenvalue weighted by atomic mass is 9.77. The van der Waals surface area contributed by atoms with Gasteiger partial charge in [0, 0.05) is 0 Å². The lowest BCUT2D eigenvalue weighted by Crippen LogP contribution is -2.16. The molecule has 0 bridgehead atoms. The molecule has 1 heterocycles. The molecule has 1 aromatic rings. The molecule has 72 valence electrons. The smallest absolute Gasteiger partial charge is 0.0533 e. The van der Waals surface area contributed by atoms with Gasteiger partial charge in [-0.25, -0.2) is 0 Å². The normalized spacial score (nSPS) is 14.2. The molecule has 13 heavy (non-hydrogen) atoms. The van der Waals surface area contributed by atoms with Crippen molar-refractivity contribution >= 4 is 0 Å². The third kappa shape index (κ3) is 2.27. The fourth-order valence-corrected chi connectivity index (χ4v) is 1.31. The predicted octanol–water partition coefficient (Wildman–Crippen LogP) is 2.93. The van der Waals surface area contributed by atoms with E-state index >= 15 is 0 Å². The molecular weight excluding hydrogens is 160 g/mol. The van der Waals surface area contributed by atoms with E-state index in [1.165, 1.54) is 11.1 Å². The van der Waals surface area contributed by atoms with Crippen LogP contribution in [0.15, 0.2) is 12.4 Å². The Labute approximate surface area is 80.4 Å². The summed E-state index contributed by atoms with van der Waals surface area (Å²) >= 11 is 0. The van der Waals surface area contributed by atoms with Crippen molar-refractivity contribution in [2.24, 2.45) is 5.41 Å². The number of rotatable bonds is 1. The van der Waals surface area contributed by atoms with Crippen LogP contribution in [0.2, 0.25) is 0 Å². The lowest BCUT2D eigenvalue weighted by molar-refractivity contribution is 0.337. The van der Waals surface area contributed by atoms with Crippen molar-refractivity contribution in [2.75, 3.05) is 0 Å². The Hall–Kier alpha value is -0.920. The largest absolute Gasteiger partial charge is 0.159 e. The second-order valence-corrected chi connectivity index (χ2v) is 4.72. The quantitative estimate of drug-likeness (QED) is 0.660. The molecule has 0 saturated carbocycles. The van der Waals surface area contributed by atoms with Crippen LogP contribution in [-0.2, 0) is 0 Å². The summed E-state index contributed by atoms with van der Waals surface area (Å²) in [5, 5.41) is 7.79. The van der Waals surface area contributed by atoms with E-state index in [1.807, 2.05) is 12.4 Å². The van der Waals surface area contributed by atoms with Gasteiger partial charge in [-0.15, -0.1) is 0 Å². The molecule has 0 amide bonds. The van der Waals surface area contributed by atoms with Crippen LogP contribution in [-0.4, -0.2) is 10.2 Å². The summed E-state index contributed by atoms with van der Waals surface area (Å²) in [5.41, 5.74) is 2.83. The van der Waals surface area contributed by atoms with Gasteiger partial charge in [-0.05, 0) is 29.4 Å². The van der Waals surface area contributed by atoms with Gasteiger partial charge in [0.2, 0.25) is 0 Å². The van der Waals surface area contributed by atoms with Crippen LogP contribution in [0.3, 0.4) is 0 Å². The molecule has 0 saturated heterocycles. The first-order chi connectivity index (χ1) is 5.93. The minimum Gasteiger partial charge on any atom is -0.159 e. The maximum Gasteiger partial charge on any atom is 0.0533 e. The summed E-state index contributed by atoms with van der Waals surface area (Å²) < 4.78 is 0. The Morgan fingerprint density at radius 3 is 2.15 bits per heavy atom. The van der Waals surface area contributed by atoms with Crippen LogP contribution in [0, 0.1) is 12.3 Å². The van der Waals surface area contributed by atoms with Gasteiger partial charge < -0.3 is 0 Å². The van der Waals surface area contributed by atoms with Crippen LogP contribution in [0.1, 0.15) is 44.7 Å². The second-order valence-electron chi connectivity index (χ2n) is 4.72. The summed E-state index contributed by atoms with van der Waals surface area (Å²) in [6.45, 7) is 11.1. The van der Waals surface area contributed by atoms with Crippen LogP contribution >= 0.6 is 0 Å². The maximum absolute atomic E-state index is 3.93. The van der Waals surface area contributed by atoms with E-state index in [4.69, 9.17) is 0 Å². The minimum absolute atomic E-state index is 0.286. The first-order valence-electron chi connectivity index (χ1n) is 4.70. The van der Waals surface area contributed by atoms with E-state index < -0.39 is 0 Å². The molecule has 0 spiro atoms. The summed E-state index contributed by atoms with van der Waals surface area (Å²) in [6, 6.07) is 0. The molecule has 0 fully saturated rings. The molecule has 0 aliphatic rings. The Morgan fingerprint density at radius 2 is 1.69 bits per heavy atom. The molecule has 1 rings (SSSR count). The summed E-state index contributed by atoms with van der Waals surface area (Å²) in [6.07, 6.45) is 3.71. The molecule has 2 heteroatoms. The molecule has 0 radical (unpaired) electrons. The van der Waals surface area contributed by atoms with E-state index in [2.05, 4.69) is 44.8 Å². The number of nitrogens with zero attached hydrogens (tertiary/aromatic N) is 2. The number of hydrogen-bond acceptors (Lipinski definition) is 2. The molecule has 1 aromatic heterocycles. The zero-order valence-corrected chi connectivity index (χ0v) is 9.13. The third-order valence-electron chi connectivity index (χ3n) is 2.74. The molecule has 1 atom stereocenters. The molecule has 0 aliphatic heterocycles. The van der Waals surface area contributed by atoms with Gasteiger partial charge in [-0.1, -0.05) is 27.7 Å². The van der Waals surface area contributed by atoms with Crippen molar-refractivity contribution in [2.45, 2.75) is 40.5 Å². The molecule has 0 N–H and O–H groups in total. The van der Waals surface area contributed by atoms with Gasteiger partial charge in [-0.2, -0.15) is 10.2 Å². The van der Waals surface area contributed by atoms with Crippen molar-refractivity contribution in [1.29, 1.82) is 0 Å². The van der Waals surface area contributed by atoms with E-state index in [0.717, 1.165) is 0 Å². The highest BCUT2D eigenvalue weighted by Crippen LogP contribution is 2.34. The van der Waals surface area contributed by atoms with E-state index in [9.17, 15) is 0 Å². The fraction of sp³-hybridized carbons (Fsp3) is 0.636. The first kappa shape index (κ1) is 10.2. The zero-order valence-electron chi connectivity index (χ0n) is 9.13. The van der Waals surface area contributed by atoms with Crippen LogP contribution < -0.4 is 0 Å². The maximum atomic E-state index is 3.93. The molecule has 0 aromatic carbocycles. The van der Waals surface area contributed by atoms with Crippen LogP contribution in [0.5, 0.6) is 0 Å². The number of aromatic nitrogens is 2. The molecule has 2 nitrogen and oxygen atoms in total. The van der Waals surface area contributed by atoms with E-state index in [-0.39, 0.29) is 5.41 Å². The Kier molecular flexibility index (Phi) is 2.69. The van der Waals surface area contributed by atoms with Gasteiger partial charge in [0.15, 0.2) is 0 Å². The third-order valence-corrected chi connectivity index (χ3v) is 2.74. The van der Waals surface area contributed by atoms with Gasteiger partial charge in [0.05, 0.1) is 12.4 Å². The average molecular weight is 178 g/mol. The fourth-order valence-electron chi connectivity index (χ4n) is 1.31. The Balaban J connectivity index is 3.02. The Bertz CT molecular complexity index is 286. The van der Waals surface area contributed by atoms with Crippen LogP contribution in [0.4, 0.5) is 0 Å². The highest BCUT2D eigenvalue weighted by molar-refractivity contribution is 5.24.